The van der Waals surface area contributed by atoms with Gasteiger partial charge in [-0.2, -0.15) is 0 Å². The molecule has 0 N–H and O–H groups in total. The van der Waals surface area contributed by atoms with Gasteiger partial charge in [-0.05, 0) is 18.2 Å². The number of hydrogen-bond donors (Lipinski definition) is 0. The molecule has 6 heteroatoms. The van der Waals surface area contributed by atoms with Crippen LogP contribution >= 0.6 is 23.2 Å². The zero-order chi connectivity index (χ0) is 14.5. The summed E-state index contributed by atoms with van der Waals surface area (Å²) in [6.45, 7) is 7.60. The summed E-state index contributed by atoms with van der Waals surface area (Å²) >= 11 is 11.7. The number of ether oxygens (including phenoxy) is 2. The van der Waals surface area contributed by atoms with Gasteiger partial charge in [0.05, 0.1) is 15.6 Å². The van der Waals surface area contributed by atoms with Crippen LogP contribution in [0.1, 0.15) is 10.4 Å². The Morgan fingerprint density at radius 3 is 2.53 bits per heavy atom. The normalized spacial score (nSPS) is 11.4. The van der Waals surface area contributed by atoms with E-state index in [1.54, 1.807) is 12.1 Å². The van der Waals surface area contributed by atoms with E-state index in [-0.39, 0.29) is 17.4 Å². The molecule has 0 aliphatic rings. The second-order valence-electron chi connectivity index (χ2n) is 5.37. The molecule has 0 atom stereocenters. The molecule has 106 valence electrons. The van der Waals surface area contributed by atoms with Gasteiger partial charge < -0.3 is 9.47 Å². The molecular weight excluding hydrogens is 303 g/mol. The second kappa shape index (κ2) is 7.29. The van der Waals surface area contributed by atoms with Crippen molar-refractivity contribution in [1.82, 2.24) is 0 Å². The number of carbonyl (C=O) groups is 1. The van der Waals surface area contributed by atoms with Gasteiger partial charge in [0.25, 0.3) is 0 Å². The van der Waals surface area contributed by atoms with Crippen LogP contribution in [0.4, 0.5) is 0 Å². The van der Waals surface area contributed by atoms with Gasteiger partial charge in [0, 0.05) is 14.7 Å². The number of benzene rings is 1. The van der Waals surface area contributed by atoms with Crippen molar-refractivity contribution in [2.24, 2.45) is 0 Å². The summed E-state index contributed by atoms with van der Waals surface area (Å²) in [6, 6.07) is 4.27. The molecule has 1 aromatic rings. The van der Waals surface area contributed by atoms with Gasteiger partial charge in [0.2, 0.25) is 0 Å². The number of halogens is 2. The van der Waals surface area contributed by atoms with Gasteiger partial charge in [-0.15, -0.1) is 0 Å². The molecule has 1 aromatic carbocycles. The van der Waals surface area contributed by atoms with E-state index in [0.29, 0.717) is 23.7 Å². The lowest BCUT2D eigenvalue weighted by Gasteiger charge is -2.16. The first kappa shape index (κ1) is 16.5. The molecule has 0 heterocycles. The smallest absolute Gasteiger partial charge is 0.189 e. The van der Waals surface area contributed by atoms with Gasteiger partial charge in [-0.3, -0.25) is 4.79 Å². The van der Waals surface area contributed by atoms with Crippen LogP contribution in [0.25, 0.3) is 0 Å². The van der Waals surface area contributed by atoms with Gasteiger partial charge in [-0.25, -0.2) is 0 Å². The molecule has 0 aliphatic carbocycles. The Morgan fingerprint density at radius 2 is 1.95 bits per heavy atom. The molecule has 0 saturated carbocycles. The summed E-state index contributed by atoms with van der Waals surface area (Å²) in [5, 5.41) is 0.534. The Kier molecular flexibility index (Phi) is 6.33. The van der Waals surface area contributed by atoms with Crippen LogP contribution in [-0.4, -0.2) is 27.8 Å². The maximum atomic E-state index is 11.0. The Balaban J connectivity index is 2.50. The lowest BCUT2D eigenvalue weighted by Crippen LogP contribution is -2.22. The van der Waals surface area contributed by atoms with E-state index in [0.717, 1.165) is 6.04 Å². The molecule has 0 bridgehead atoms. The summed E-state index contributed by atoms with van der Waals surface area (Å²) < 4.78 is 10.8. The third-order valence-electron chi connectivity index (χ3n) is 2.50. The first-order valence-electron chi connectivity index (χ1n) is 5.99. The molecule has 1 rings (SSSR count). The van der Waals surface area contributed by atoms with E-state index in [2.05, 4.69) is 19.6 Å². The SMILES string of the molecule is C[Si](C)(C)CCOCOc1ccc(Cl)c(Cl)c1C=O. The quantitative estimate of drug-likeness (QED) is 0.321. The summed E-state index contributed by atoms with van der Waals surface area (Å²) in [5.41, 5.74) is 0.253. The largest absolute Gasteiger partial charge is 0.467 e. The molecule has 0 radical (unpaired) electrons. The zero-order valence-electron chi connectivity index (χ0n) is 11.3. The van der Waals surface area contributed by atoms with Crippen molar-refractivity contribution >= 4 is 37.6 Å². The molecule has 0 unspecified atom stereocenters. The lowest BCUT2D eigenvalue weighted by atomic mass is 10.2. The molecule has 0 amide bonds. The number of carbonyl (C=O) groups excluding carboxylic acids is 1. The van der Waals surface area contributed by atoms with E-state index in [4.69, 9.17) is 32.7 Å². The summed E-state index contributed by atoms with van der Waals surface area (Å²) in [5.74, 6) is 0.386. The highest BCUT2D eigenvalue weighted by molar-refractivity contribution is 6.76. The van der Waals surface area contributed by atoms with E-state index in [1.165, 1.54) is 0 Å². The summed E-state index contributed by atoms with van der Waals surface area (Å²) in [7, 11) is -1.10. The minimum Gasteiger partial charge on any atom is -0.467 e. The average molecular weight is 321 g/mol. The van der Waals surface area contributed by atoms with Crippen molar-refractivity contribution in [2.75, 3.05) is 13.4 Å². The minimum absolute atomic E-state index is 0.100. The highest BCUT2D eigenvalue weighted by Crippen LogP contribution is 2.31. The molecule has 0 fully saturated rings. The van der Waals surface area contributed by atoms with Crippen LogP contribution in [-0.2, 0) is 4.74 Å². The predicted molar refractivity (Wildman–Crippen MR) is 81.4 cm³/mol. The van der Waals surface area contributed by atoms with E-state index in [1.807, 2.05) is 0 Å². The molecule has 19 heavy (non-hydrogen) atoms. The van der Waals surface area contributed by atoms with Crippen molar-refractivity contribution in [3.05, 3.63) is 27.7 Å². The Bertz CT molecular complexity index is 444. The van der Waals surface area contributed by atoms with Gasteiger partial charge in [0.15, 0.2) is 13.1 Å². The average Bonchev–Trinajstić information content (AvgIpc) is 2.32. The Labute approximate surface area is 124 Å². The fourth-order valence-electron chi connectivity index (χ4n) is 1.33. The highest BCUT2D eigenvalue weighted by Gasteiger charge is 2.13. The zero-order valence-corrected chi connectivity index (χ0v) is 13.8. The molecule has 0 aliphatic heterocycles. The van der Waals surface area contributed by atoms with Crippen LogP contribution in [0.15, 0.2) is 12.1 Å². The van der Waals surface area contributed by atoms with Crippen LogP contribution in [0.3, 0.4) is 0 Å². The lowest BCUT2D eigenvalue weighted by molar-refractivity contribution is 0.0217. The summed E-state index contributed by atoms with van der Waals surface area (Å²) in [4.78, 5) is 11.0. The van der Waals surface area contributed by atoms with Gasteiger partial charge in [-0.1, -0.05) is 42.8 Å². The third kappa shape index (κ3) is 5.53. The van der Waals surface area contributed by atoms with Crippen molar-refractivity contribution in [1.29, 1.82) is 0 Å². The highest BCUT2D eigenvalue weighted by atomic mass is 35.5. The monoisotopic (exact) mass is 320 g/mol. The van der Waals surface area contributed by atoms with Crippen molar-refractivity contribution in [3.63, 3.8) is 0 Å². The molecule has 0 aromatic heterocycles. The van der Waals surface area contributed by atoms with Gasteiger partial charge in [0.1, 0.15) is 5.75 Å². The van der Waals surface area contributed by atoms with Crippen molar-refractivity contribution in [2.45, 2.75) is 25.7 Å². The van der Waals surface area contributed by atoms with E-state index in [9.17, 15) is 4.79 Å². The fourth-order valence-corrected chi connectivity index (χ4v) is 2.45. The minimum atomic E-state index is -1.10. The molecular formula is C13H18Cl2O3Si. The standard InChI is InChI=1S/C13H18Cl2O3Si/c1-19(2,3)7-6-17-9-18-12-5-4-11(14)13(15)10(12)8-16/h4-5,8H,6-7,9H2,1-3H3. The van der Waals surface area contributed by atoms with Crippen LogP contribution in [0.5, 0.6) is 5.75 Å². The van der Waals surface area contributed by atoms with E-state index >= 15 is 0 Å². The van der Waals surface area contributed by atoms with Crippen LogP contribution in [0.2, 0.25) is 35.7 Å². The number of rotatable bonds is 7. The van der Waals surface area contributed by atoms with Crippen LogP contribution < -0.4 is 4.74 Å². The van der Waals surface area contributed by atoms with Crippen molar-refractivity contribution in [3.8, 4) is 5.75 Å². The number of hydrogen-bond acceptors (Lipinski definition) is 3. The molecule has 0 saturated heterocycles. The predicted octanol–water partition coefficient (Wildman–Crippen LogP) is 4.50. The maximum Gasteiger partial charge on any atom is 0.189 e. The Hall–Kier alpha value is -0.553. The Morgan fingerprint density at radius 1 is 1.26 bits per heavy atom. The first-order chi connectivity index (χ1) is 8.85. The first-order valence-corrected chi connectivity index (χ1v) is 10.4. The second-order valence-corrected chi connectivity index (χ2v) is 11.8. The van der Waals surface area contributed by atoms with Crippen molar-refractivity contribution < 1.29 is 14.3 Å². The molecule has 0 spiro atoms. The molecule has 3 nitrogen and oxygen atoms in total. The number of aldehydes is 1. The topological polar surface area (TPSA) is 35.5 Å². The summed E-state index contributed by atoms with van der Waals surface area (Å²) in [6.07, 6.45) is 0.631. The third-order valence-corrected chi connectivity index (χ3v) is 5.03. The fraction of sp³-hybridized carbons (Fsp3) is 0.462. The van der Waals surface area contributed by atoms with E-state index < -0.39 is 8.07 Å². The van der Waals surface area contributed by atoms with Crippen LogP contribution in [0, 0.1) is 0 Å². The maximum absolute atomic E-state index is 11.0. The van der Waals surface area contributed by atoms with Gasteiger partial charge >= 0.3 is 0 Å².